The maximum atomic E-state index is 12.2. The van der Waals surface area contributed by atoms with Crippen molar-refractivity contribution in [2.24, 2.45) is 0 Å². The normalized spacial score (nSPS) is 11.4. The first-order valence-electron chi connectivity index (χ1n) is 6.39. The number of halogens is 1. The molecule has 0 unspecified atom stereocenters. The quantitative estimate of drug-likeness (QED) is 0.718. The summed E-state index contributed by atoms with van der Waals surface area (Å²) in [6.07, 6.45) is 4.92. The summed E-state index contributed by atoms with van der Waals surface area (Å²) in [5.41, 5.74) is 1.29. The first-order valence-corrected chi connectivity index (χ1v) is 7.18. The van der Waals surface area contributed by atoms with Crippen LogP contribution in [0, 0.1) is 11.3 Å². The molecule has 5 nitrogen and oxygen atoms in total. The van der Waals surface area contributed by atoms with E-state index in [4.69, 9.17) is 0 Å². The van der Waals surface area contributed by atoms with Crippen LogP contribution in [0.25, 0.3) is 22.6 Å². The van der Waals surface area contributed by atoms with Crippen molar-refractivity contribution in [1.82, 2.24) is 15.0 Å². The summed E-state index contributed by atoms with van der Waals surface area (Å²) < 4.78 is 0.798. The van der Waals surface area contributed by atoms with Gasteiger partial charge in [-0.1, -0.05) is 22.0 Å². The lowest BCUT2D eigenvalue weighted by molar-refractivity contribution is 1.13. The molecule has 2 heterocycles. The third-order valence-corrected chi connectivity index (χ3v) is 3.53. The van der Waals surface area contributed by atoms with Gasteiger partial charge in [-0.2, -0.15) is 5.26 Å². The minimum atomic E-state index is -0.284. The maximum absolute atomic E-state index is 12.2. The molecule has 0 fully saturated rings. The van der Waals surface area contributed by atoms with Crippen LogP contribution in [0.15, 0.2) is 52.0 Å². The predicted molar refractivity (Wildman–Crippen MR) is 87.8 cm³/mol. The first-order chi connectivity index (χ1) is 10.7. The van der Waals surface area contributed by atoms with E-state index in [2.05, 4.69) is 37.0 Å². The molecule has 0 saturated carbocycles. The van der Waals surface area contributed by atoms with Crippen LogP contribution in [0.2, 0.25) is 0 Å². The van der Waals surface area contributed by atoms with Gasteiger partial charge in [-0.05, 0) is 35.9 Å². The number of nitrogens with one attached hydrogen (secondary N) is 1. The Bertz CT molecular complexity index is 971. The van der Waals surface area contributed by atoms with Gasteiger partial charge in [0.1, 0.15) is 6.07 Å². The Labute approximate surface area is 134 Å². The maximum Gasteiger partial charge on any atom is 0.259 e. The van der Waals surface area contributed by atoms with Crippen LogP contribution in [0.3, 0.4) is 0 Å². The van der Waals surface area contributed by atoms with E-state index in [0.29, 0.717) is 10.9 Å². The van der Waals surface area contributed by atoms with Gasteiger partial charge < -0.3 is 4.98 Å². The van der Waals surface area contributed by atoms with Crippen LogP contribution in [-0.4, -0.2) is 15.0 Å². The Kier molecular flexibility index (Phi) is 3.81. The molecule has 6 heteroatoms. The molecule has 1 aromatic carbocycles. The Hall–Kier alpha value is -2.78. The van der Waals surface area contributed by atoms with E-state index >= 15 is 0 Å². The van der Waals surface area contributed by atoms with Crippen LogP contribution in [-0.2, 0) is 0 Å². The molecule has 3 rings (SSSR count). The number of pyridine rings is 1. The zero-order chi connectivity index (χ0) is 15.5. The van der Waals surface area contributed by atoms with Crippen molar-refractivity contribution in [1.29, 1.82) is 5.26 Å². The fraction of sp³-hybridized carbons (Fsp3) is 0. The third-order valence-electron chi connectivity index (χ3n) is 3.04. The lowest BCUT2D eigenvalue weighted by atomic mass is 10.1. The van der Waals surface area contributed by atoms with Crippen LogP contribution in [0.4, 0.5) is 0 Å². The van der Waals surface area contributed by atoms with E-state index in [1.54, 1.807) is 42.7 Å². The minimum Gasteiger partial charge on any atom is -0.305 e. The Morgan fingerprint density at radius 2 is 2.23 bits per heavy atom. The highest BCUT2D eigenvalue weighted by Crippen LogP contribution is 2.18. The Morgan fingerprint density at radius 3 is 2.95 bits per heavy atom. The number of aromatic amines is 1. The van der Waals surface area contributed by atoms with Crippen LogP contribution < -0.4 is 5.56 Å². The van der Waals surface area contributed by atoms with Crippen molar-refractivity contribution in [3.05, 3.63) is 68.9 Å². The average Bonchev–Trinajstić information content (AvgIpc) is 2.54. The summed E-state index contributed by atoms with van der Waals surface area (Å²) in [6, 6.07) is 10.9. The molecule has 0 atom stereocenters. The number of benzene rings is 1. The predicted octanol–water partition coefficient (Wildman–Crippen LogP) is 3.14. The number of rotatable bonds is 2. The number of hydrogen-bond donors (Lipinski definition) is 1. The zero-order valence-electron chi connectivity index (χ0n) is 11.2. The fourth-order valence-electron chi connectivity index (χ4n) is 2.02. The smallest absolute Gasteiger partial charge is 0.259 e. The summed E-state index contributed by atoms with van der Waals surface area (Å²) in [4.78, 5) is 23.2. The minimum absolute atomic E-state index is 0.242. The van der Waals surface area contributed by atoms with Gasteiger partial charge in [-0.25, -0.2) is 4.98 Å². The number of nitriles is 1. The largest absolute Gasteiger partial charge is 0.305 e. The van der Waals surface area contributed by atoms with Crippen LogP contribution in [0.1, 0.15) is 11.4 Å². The molecule has 1 N–H and O–H groups in total. The highest BCUT2D eigenvalue weighted by molar-refractivity contribution is 9.10. The lowest BCUT2D eigenvalue weighted by Gasteiger charge is -2.02. The summed E-state index contributed by atoms with van der Waals surface area (Å²) in [5.74, 6) is 0.242. The van der Waals surface area contributed by atoms with Crippen LogP contribution >= 0.6 is 15.9 Å². The summed E-state index contributed by atoms with van der Waals surface area (Å²) in [7, 11) is 0. The Balaban J connectivity index is 2.17. The molecule has 106 valence electrons. The molecule has 2 aromatic heterocycles. The molecule has 0 saturated heterocycles. The van der Waals surface area contributed by atoms with Gasteiger partial charge in [-0.3, -0.25) is 9.78 Å². The molecule has 0 radical (unpaired) electrons. The molecule has 0 bridgehead atoms. The number of allylic oxidation sites excluding steroid dienone is 1. The fourth-order valence-corrected chi connectivity index (χ4v) is 2.38. The standard InChI is InChI=1S/C16H9BrN4O/c17-12-3-4-14-13(7-12)16(22)21-15(20-14)11(8-18)6-10-2-1-5-19-9-10/h1-7,9H,(H,20,21,22)/b11-6+. The van der Waals surface area contributed by atoms with Gasteiger partial charge in [-0.15, -0.1) is 0 Å². The van der Waals surface area contributed by atoms with Gasteiger partial charge in [0.05, 0.1) is 16.5 Å². The third kappa shape index (κ3) is 2.80. The summed E-state index contributed by atoms with van der Waals surface area (Å²) >= 11 is 3.32. The molecule has 22 heavy (non-hydrogen) atoms. The van der Waals surface area contributed by atoms with Gasteiger partial charge in [0, 0.05) is 16.9 Å². The van der Waals surface area contributed by atoms with Gasteiger partial charge in [0.25, 0.3) is 5.56 Å². The Morgan fingerprint density at radius 1 is 1.36 bits per heavy atom. The van der Waals surface area contributed by atoms with Gasteiger partial charge in [0.2, 0.25) is 0 Å². The van der Waals surface area contributed by atoms with E-state index < -0.39 is 0 Å². The van der Waals surface area contributed by atoms with Crippen molar-refractivity contribution in [3.63, 3.8) is 0 Å². The summed E-state index contributed by atoms with van der Waals surface area (Å²) in [5, 5.41) is 9.81. The van der Waals surface area contributed by atoms with Crippen molar-refractivity contribution in [3.8, 4) is 6.07 Å². The number of aromatic nitrogens is 3. The molecule has 3 aromatic rings. The molecule has 0 amide bonds. The van der Waals surface area contributed by atoms with E-state index in [9.17, 15) is 10.1 Å². The van der Waals surface area contributed by atoms with Crippen molar-refractivity contribution >= 4 is 38.5 Å². The molecular weight excluding hydrogens is 344 g/mol. The second-order valence-corrected chi connectivity index (χ2v) is 5.45. The summed E-state index contributed by atoms with van der Waals surface area (Å²) in [6.45, 7) is 0. The molecule has 0 aliphatic rings. The number of H-pyrrole nitrogens is 1. The second-order valence-electron chi connectivity index (χ2n) is 4.53. The van der Waals surface area contributed by atoms with Crippen molar-refractivity contribution in [2.75, 3.05) is 0 Å². The van der Waals surface area contributed by atoms with E-state index in [0.717, 1.165) is 10.0 Å². The lowest BCUT2D eigenvalue weighted by Crippen LogP contribution is -2.11. The second kappa shape index (κ2) is 5.92. The molecule has 0 aliphatic carbocycles. The van der Waals surface area contributed by atoms with Crippen molar-refractivity contribution < 1.29 is 0 Å². The number of hydrogen-bond acceptors (Lipinski definition) is 4. The SMILES string of the molecule is N#C/C(=C\c1cccnc1)c1nc2ccc(Br)cc2c(=O)[nH]1. The van der Waals surface area contributed by atoms with Crippen LogP contribution in [0.5, 0.6) is 0 Å². The average molecular weight is 353 g/mol. The highest BCUT2D eigenvalue weighted by Gasteiger charge is 2.08. The molecular formula is C16H9BrN4O. The van der Waals surface area contributed by atoms with Crippen molar-refractivity contribution in [2.45, 2.75) is 0 Å². The monoisotopic (exact) mass is 352 g/mol. The van der Waals surface area contributed by atoms with E-state index in [1.807, 2.05) is 6.07 Å². The molecule has 0 aliphatic heterocycles. The number of nitrogens with zero attached hydrogens (tertiary/aromatic N) is 3. The van der Waals surface area contributed by atoms with Gasteiger partial charge >= 0.3 is 0 Å². The van der Waals surface area contributed by atoms with Gasteiger partial charge in [0.15, 0.2) is 5.82 Å². The zero-order valence-corrected chi connectivity index (χ0v) is 12.8. The number of fused-ring (bicyclic) bond motifs is 1. The topological polar surface area (TPSA) is 82.4 Å². The van der Waals surface area contributed by atoms with E-state index in [1.165, 1.54) is 0 Å². The highest BCUT2D eigenvalue weighted by atomic mass is 79.9. The molecule has 0 spiro atoms. The first kappa shape index (κ1) is 14.2. The van der Waals surface area contributed by atoms with E-state index in [-0.39, 0.29) is 17.0 Å².